The maximum absolute atomic E-state index is 12.1. The average molecular weight is 366 g/mol. The number of hydrazone groups is 1. The van der Waals surface area contributed by atoms with Crippen molar-refractivity contribution in [2.24, 2.45) is 5.10 Å². The summed E-state index contributed by atoms with van der Waals surface area (Å²) in [7, 11) is 1.55. The van der Waals surface area contributed by atoms with Crippen molar-refractivity contribution in [3.05, 3.63) is 59.9 Å². The molecule has 0 fully saturated rings. The minimum absolute atomic E-state index is 0.169. The van der Waals surface area contributed by atoms with Crippen molar-refractivity contribution in [3.8, 4) is 11.5 Å². The summed E-state index contributed by atoms with van der Waals surface area (Å²) in [6.45, 7) is 3.70. The Morgan fingerprint density at radius 2 is 1.81 bits per heavy atom. The van der Waals surface area contributed by atoms with Gasteiger partial charge in [-0.3, -0.25) is 4.79 Å². The lowest BCUT2D eigenvalue weighted by Crippen LogP contribution is -2.25. The second-order valence-corrected chi connectivity index (χ2v) is 5.93. The summed E-state index contributed by atoms with van der Waals surface area (Å²) in [6.07, 6.45) is 0.810. The molecule has 0 saturated carbocycles. The van der Waals surface area contributed by atoms with Gasteiger partial charge in [-0.25, -0.2) is 5.43 Å². The van der Waals surface area contributed by atoms with E-state index in [4.69, 9.17) is 13.9 Å². The van der Waals surface area contributed by atoms with Crippen LogP contribution in [0.4, 0.5) is 0 Å². The minimum Gasteiger partial charge on any atom is -0.493 e. The number of ether oxygens (including phenoxy) is 2. The van der Waals surface area contributed by atoms with Gasteiger partial charge in [-0.05, 0) is 31.5 Å². The number of carbonyl (C=O) groups is 1. The topological polar surface area (TPSA) is 73.1 Å². The zero-order valence-corrected chi connectivity index (χ0v) is 15.6. The van der Waals surface area contributed by atoms with E-state index in [1.807, 2.05) is 36.4 Å². The molecule has 3 rings (SSSR count). The molecule has 1 N–H and O–H groups in total. The second-order valence-electron chi connectivity index (χ2n) is 5.93. The molecule has 1 aromatic heterocycles. The van der Waals surface area contributed by atoms with Crippen molar-refractivity contribution in [3.63, 3.8) is 0 Å². The number of para-hydroxylation sites is 3. The number of aryl methyl sites for hydroxylation is 1. The largest absolute Gasteiger partial charge is 0.493 e. The van der Waals surface area contributed by atoms with E-state index in [0.717, 1.165) is 23.0 Å². The van der Waals surface area contributed by atoms with E-state index >= 15 is 0 Å². The molecule has 1 heterocycles. The third-order valence-corrected chi connectivity index (χ3v) is 4.16. The number of benzene rings is 2. The fourth-order valence-corrected chi connectivity index (χ4v) is 2.85. The highest BCUT2D eigenvalue weighted by atomic mass is 16.5. The first-order chi connectivity index (χ1) is 13.1. The average Bonchev–Trinajstić information content (AvgIpc) is 3.09. The number of carbonyl (C=O) groups excluding carboxylic acids is 1. The number of hydrogen-bond acceptors (Lipinski definition) is 5. The van der Waals surface area contributed by atoms with Crippen molar-refractivity contribution in [2.45, 2.75) is 20.3 Å². The molecule has 140 valence electrons. The van der Waals surface area contributed by atoms with Crippen molar-refractivity contribution in [1.82, 2.24) is 5.43 Å². The van der Waals surface area contributed by atoms with Gasteiger partial charge in [0.1, 0.15) is 11.3 Å². The molecular weight excluding hydrogens is 344 g/mol. The molecule has 0 atom stereocenters. The smallest absolute Gasteiger partial charge is 0.277 e. The highest BCUT2D eigenvalue weighted by Crippen LogP contribution is 2.27. The first-order valence-corrected chi connectivity index (χ1v) is 8.73. The maximum Gasteiger partial charge on any atom is 0.277 e. The number of fused-ring (bicyclic) bond motifs is 1. The molecule has 27 heavy (non-hydrogen) atoms. The van der Waals surface area contributed by atoms with Gasteiger partial charge >= 0.3 is 0 Å². The maximum atomic E-state index is 12.1. The van der Waals surface area contributed by atoms with E-state index in [0.29, 0.717) is 23.0 Å². The van der Waals surface area contributed by atoms with Crippen molar-refractivity contribution in [1.29, 1.82) is 0 Å². The Labute approximate surface area is 157 Å². The van der Waals surface area contributed by atoms with Gasteiger partial charge in [0, 0.05) is 10.9 Å². The molecule has 0 aliphatic carbocycles. The minimum atomic E-state index is -0.366. The molecule has 6 nitrogen and oxygen atoms in total. The normalized spacial score (nSPS) is 11.4. The first-order valence-electron chi connectivity index (χ1n) is 8.73. The van der Waals surface area contributed by atoms with E-state index in [-0.39, 0.29) is 12.5 Å². The number of hydrogen-bond donors (Lipinski definition) is 1. The fourth-order valence-electron chi connectivity index (χ4n) is 2.85. The first kappa shape index (κ1) is 18.5. The monoisotopic (exact) mass is 366 g/mol. The Morgan fingerprint density at radius 1 is 1.11 bits per heavy atom. The summed E-state index contributed by atoms with van der Waals surface area (Å²) in [4.78, 5) is 12.1. The van der Waals surface area contributed by atoms with Crippen LogP contribution in [0, 0.1) is 0 Å². The van der Waals surface area contributed by atoms with Crippen LogP contribution in [-0.2, 0) is 11.2 Å². The van der Waals surface area contributed by atoms with Crippen LogP contribution in [-0.4, -0.2) is 25.3 Å². The SMILES string of the molecule is CCc1c(/C(C)=N\NC(=O)COc2ccccc2OC)oc2ccccc12. The number of nitrogens with one attached hydrogen (secondary N) is 1. The summed E-state index contributed by atoms with van der Waals surface area (Å²) < 4.78 is 16.6. The molecule has 0 aliphatic heterocycles. The van der Waals surface area contributed by atoms with Crippen molar-refractivity contribution in [2.75, 3.05) is 13.7 Å². The summed E-state index contributed by atoms with van der Waals surface area (Å²) in [5.41, 5.74) is 5.00. The quantitative estimate of drug-likeness (QED) is 0.508. The highest BCUT2D eigenvalue weighted by Gasteiger charge is 2.15. The zero-order chi connectivity index (χ0) is 19.2. The van der Waals surface area contributed by atoms with Crippen molar-refractivity contribution >= 4 is 22.6 Å². The molecule has 0 spiro atoms. The van der Waals surface area contributed by atoms with Gasteiger partial charge in [-0.1, -0.05) is 37.3 Å². The molecule has 3 aromatic rings. The standard InChI is InChI=1S/C21H22N2O4/c1-4-15-16-9-5-6-10-17(16)27-21(15)14(2)22-23-20(24)13-26-19-12-8-7-11-18(19)25-3/h5-12H,4,13H2,1-3H3,(H,23,24)/b22-14-. The summed E-state index contributed by atoms with van der Waals surface area (Å²) in [6, 6.07) is 15.0. The van der Waals surface area contributed by atoms with Gasteiger partial charge in [0.2, 0.25) is 0 Å². The Kier molecular flexibility index (Phi) is 5.76. The van der Waals surface area contributed by atoms with Gasteiger partial charge in [-0.15, -0.1) is 0 Å². The van der Waals surface area contributed by atoms with Gasteiger partial charge in [0.05, 0.1) is 7.11 Å². The lowest BCUT2D eigenvalue weighted by molar-refractivity contribution is -0.123. The number of nitrogens with zero attached hydrogens (tertiary/aromatic N) is 1. The zero-order valence-electron chi connectivity index (χ0n) is 15.6. The van der Waals surface area contributed by atoms with Gasteiger partial charge in [-0.2, -0.15) is 5.10 Å². The fraction of sp³-hybridized carbons (Fsp3) is 0.238. The van der Waals surface area contributed by atoms with E-state index in [9.17, 15) is 4.79 Å². The number of methoxy groups -OCH3 is 1. The van der Waals surface area contributed by atoms with Crippen LogP contribution in [0.2, 0.25) is 0 Å². The molecular formula is C21H22N2O4. The number of rotatable bonds is 7. The summed E-state index contributed by atoms with van der Waals surface area (Å²) in [5, 5.41) is 5.23. The lowest BCUT2D eigenvalue weighted by atomic mass is 10.1. The molecule has 0 aliphatic rings. The predicted molar refractivity (Wildman–Crippen MR) is 104 cm³/mol. The lowest BCUT2D eigenvalue weighted by Gasteiger charge is -2.09. The number of amides is 1. The van der Waals surface area contributed by atoms with Crippen LogP contribution < -0.4 is 14.9 Å². The number of furan rings is 1. The highest BCUT2D eigenvalue weighted by molar-refractivity contribution is 6.02. The predicted octanol–water partition coefficient (Wildman–Crippen LogP) is 3.92. The molecule has 0 saturated heterocycles. The Hall–Kier alpha value is -3.28. The molecule has 0 bridgehead atoms. The van der Waals surface area contributed by atoms with Crippen LogP contribution in [0.15, 0.2) is 58.0 Å². The molecule has 6 heteroatoms. The van der Waals surface area contributed by atoms with Crippen LogP contribution in [0.25, 0.3) is 11.0 Å². The molecule has 0 unspecified atom stereocenters. The van der Waals surface area contributed by atoms with Gasteiger partial charge in [0.15, 0.2) is 23.9 Å². The second kappa shape index (κ2) is 8.40. The Morgan fingerprint density at radius 3 is 2.56 bits per heavy atom. The van der Waals surface area contributed by atoms with Crippen LogP contribution in [0.5, 0.6) is 11.5 Å². The Bertz CT molecular complexity index is 975. The van der Waals surface area contributed by atoms with E-state index in [1.165, 1.54) is 0 Å². The molecule has 2 aromatic carbocycles. The van der Waals surface area contributed by atoms with Crippen molar-refractivity contribution < 1.29 is 18.7 Å². The summed E-state index contributed by atoms with van der Waals surface area (Å²) in [5.74, 6) is 1.39. The van der Waals surface area contributed by atoms with E-state index in [2.05, 4.69) is 17.5 Å². The van der Waals surface area contributed by atoms with Crippen LogP contribution in [0.1, 0.15) is 25.2 Å². The third kappa shape index (κ3) is 4.11. The van der Waals surface area contributed by atoms with E-state index in [1.54, 1.807) is 26.2 Å². The molecule has 0 radical (unpaired) electrons. The molecule has 1 amide bonds. The van der Waals surface area contributed by atoms with Gasteiger partial charge in [0.25, 0.3) is 5.91 Å². The van der Waals surface area contributed by atoms with E-state index < -0.39 is 0 Å². The summed E-state index contributed by atoms with van der Waals surface area (Å²) >= 11 is 0. The van der Waals surface area contributed by atoms with Crippen LogP contribution in [0.3, 0.4) is 0 Å². The van der Waals surface area contributed by atoms with Crippen LogP contribution >= 0.6 is 0 Å². The Balaban J connectivity index is 1.68. The van der Waals surface area contributed by atoms with Gasteiger partial charge < -0.3 is 13.9 Å². The third-order valence-electron chi connectivity index (χ3n) is 4.16.